The minimum absolute atomic E-state index is 0.0385. The molecule has 94 valence electrons. The van der Waals surface area contributed by atoms with Gasteiger partial charge in [0.25, 0.3) is 5.91 Å². The van der Waals surface area contributed by atoms with Crippen LogP contribution < -0.4 is 5.32 Å². The van der Waals surface area contributed by atoms with E-state index in [1.807, 2.05) is 25.7 Å². The van der Waals surface area contributed by atoms with Gasteiger partial charge in [-0.25, -0.2) is 4.98 Å². The van der Waals surface area contributed by atoms with Crippen LogP contribution in [0.1, 0.15) is 41.9 Å². The molecule has 0 spiro atoms. The number of aryl methyl sites for hydroxylation is 1. The third kappa shape index (κ3) is 2.49. The van der Waals surface area contributed by atoms with E-state index in [0.29, 0.717) is 17.3 Å². The van der Waals surface area contributed by atoms with Gasteiger partial charge in [0.2, 0.25) is 5.76 Å². The topological polar surface area (TPSA) is 58.4 Å². The Bertz CT molecular complexity index is 406. The van der Waals surface area contributed by atoms with Gasteiger partial charge in [-0.05, 0) is 6.92 Å². The number of oxazole rings is 1. The van der Waals surface area contributed by atoms with Crippen molar-refractivity contribution in [1.82, 2.24) is 15.2 Å². The highest BCUT2D eigenvalue weighted by molar-refractivity contribution is 5.92. The van der Waals surface area contributed by atoms with E-state index in [4.69, 9.17) is 4.42 Å². The third-order valence-corrected chi connectivity index (χ3v) is 2.91. The Labute approximate surface area is 101 Å². The molecule has 1 aliphatic rings. The summed E-state index contributed by atoms with van der Waals surface area (Å²) in [5.74, 6) is 1.21. The molecule has 0 aliphatic carbocycles. The second kappa shape index (κ2) is 4.87. The van der Waals surface area contributed by atoms with Crippen LogP contribution in [0.15, 0.2) is 4.42 Å². The van der Waals surface area contributed by atoms with Gasteiger partial charge in [0.15, 0.2) is 5.89 Å². The Hall–Kier alpha value is -1.36. The minimum atomic E-state index is -0.0385. The largest absolute Gasteiger partial charge is 0.435 e. The Morgan fingerprint density at radius 2 is 2.06 bits per heavy atom. The fraction of sp³-hybridized carbons (Fsp3) is 0.667. The van der Waals surface area contributed by atoms with Crippen molar-refractivity contribution in [2.24, 2.45) is 0 Å². The second-order valence-corrected chi connectivity index (χ2v) is 4.66. The van der Waals surface area contributed by atoms with Gasteiger partial charge in [-0.15, -0.1) is 0 Å². The summed E-state index contributed by atoms with van der Waals surface area (Å²) in [6.45, 7) is 8.98. The van der Waals surface area contributed by atoms with Gasteiger partial charge in [0, 0.05) is 32.1 Å². The average molecular weight is 237 g/mol. The molecule has 0 bridgehead atoms. The summed E-state index contributed by atoms with van der Waals surface area (Å²) in [5.41, 5.74) is 0.692. The summed E-state index contributed by atoms with van der Waals surface area (Å²) in [4.78, 5) is 18.3. The van der Waals surface area contributed by atoms with Crippen molar-refractivity contribution >= 4 is 5.91 Å². The van der Waals surface area contributed by atoms with Crippen molar-refractivity contribution in [3.05, 3.63) is 17.3 Å². The summed E-state index contributed by atoms with van der Waals surface area (Å²) in [6, 6.07) is 0. The SMILES string of the molecule is Cc1nc(C(C)C)oc1C(=O)N1CCNCC1. The van der Waals surface area contributed by atoms with Crippen LogP contribution in [-0.2, 0) is 0 Å². The van der Waals surface area contributed by atoms with Crippen molar-refractivity contribution in [2.75, 3.05) is 26.2 Å². The van der Waals surface area contributed by atoms with E-state index in [2.05, 4.69) is 10.3 Å². The Morgan fingerprint density at radius 3 is 2.59 bits per heavy atom. The normalized spacial score (nSPS) is 16.6. The number of carbonyl (C=O) groups excluding carboxylic acids is 1. The van der Waals surface area contributed by atoms with Crippen LogP contribution in [0.2, 0.25) is 0 Å². The summed E-state index contributed by atoms with van der Waals surface area (Å²) in [7, 11) is 0. The smallest absolute Gasteiger partial charge is 0.291 e. The molecule has 0 atom stereocenters. The first-order valence-corrected chi connectivity index (χ1v) is 6.07. The quantitative estimate of drug-likeness (QED) is 0.838. The molecule has 5 nitrogen and oxygen atoms in total. The van der Waals surface area contributed by atoms with Gasteiger partial charge >= 0.3 is 0 Å². The summed E-state index contributed by atoms with van der Waals surface area (Å²) < 4.78 is 5.57. The maximum absolute atomic E-state index is 12.2. The van der Waals surface area contributed by atoms with Crippen molar-refractivity contribution in [2.45, 2.75) is 26.7 Å². The van der Waals surface area contributed by atoms with Crippen LogP contribution in [-0.4, -0.2) is 42.0 Å². The van der Waals surface area contributed by atoms with Crippen molar-refractivity contribution in [1.29, 1.82) is 0 Å². The van der Waals surface area contributed by atoms with E-state index in [1.165, 1.54) is 0 Å². The van der Waals surface area contributed by atoms with Gasteiger partial charge < -0.3 is 14.6 Å². The fourth-order valence-electron chi connectivity index (χ4n) is 1.87. The lowest BCUT2D eigenvalue weighted by atomic mass is 10.2. The zero-order chi connectivity index (χ0) is 12.4. The maximum Gasteiger partial charge on any atom is 0.291 e. The van der Waals surface area contributed by atoms with Crippen molar-refractivity contribution in [3.63, 3.8) is 0 Å². The van der Waals surface area contributed by atoms with E-state index < -0.39 is 0 Å². The monoisotopic (exact) mass is 237 g/mol. The number of hydrogen-bond donors (Lipinski definition) is 1. The van der Waals surface area contributed by atoms with Crippen LogP contribution in [0.5, 0.6) is 0 Å². The van der Waals surface area contributed by atoms with E-state index in [1.54, 1.807) is 0 Å². The van der Waals surface area contributed by atoms with Crippen LogP contribution in [0, 0.1) is 6.92 Å². The third-order valence-electron chi connectivity index (χ3n) is 2.91. The predicted octanol–water partition coefficient (Wildman–Crippen LogP) is 1.15. The highest BCUT2D eigenvalue weighted by atomic mass is 16.4. The molecule has 1 aromatic rings. The number of amides is 1. The van der Waals surface area contributed by atoms with E-state index >= 15 is 0 Å². The predicted molar refractivity (Wildman–Crippen MR) is 64.1 cm³/mol. The molecular formula is C12H19N3O2. The summed E-state index contributed by atoms with van der Waals surface area (Å²) in [6.07, 6.45) is 0. The molecule has 0 unspecified atom stereocenters. The molecule has 1 fully saturated rings. The molecule has 2 rings (SSSR count). The lowest BCUT2D eigenvalue weighted by molar-refractivity contribution is 0.0700. The second-order valence-electron chi connectivity index (χ2n) is 4.66. The number of nitrogens with zero attached hydrogens (tertiary/aromatic N) is 2. The summed E-state index contributed by atoms with van der Waals surface area (Å²) >= 11 is 0. The number of rotatable bonds is 2. The van der Waals surface area contributed by atoms with Gasteiger partial charge in [0.1, 0.15) is 0 Å². The zero-order valence-electron chi connectivity index (χ0n) is 10.6. The van der Waals surface area contributed by atoms with Crippen LogP contribution in [0.25, 0.3) is 0 Å². The number of aromatic nitrogens is 1. The number of piperazine rings is 1. The molecule has 0 saturated carbocycles. The molecular weight excluding hydrogens is 218 g/mol. The lowest BCUT2D eigenvalue weighted by Crippen LogP contribution is -2.46. The molecule has 1 saturated heterocycles. The maximum atomic E-state index is 12.2. The van der Waals surface area contributed by atoms with Gasteiger partial charge in [0.05, 0.1) is 5.69 Å². The minimum Gasteiger partial charge on any atom is -0.435 e. The van der Waals surface area contributed by atoms with Crippen molar-refractivity contribution in [3.8, 4) is 0 Å². The van der Waals surface area contributed by atoms with Crippen LogP contribution in [0.4, 0.5) is 0 Å². The molecule has 17 heavy (non-hydrogen) atoms. The van der Waals surface area contributed by atoms with Crippen LogP contribution >= 0.6 is 0 Å². The Morgan fingerprint density at radius 1 is 1.41 bits per heavy atom. The molecule has 1 amide bonds. The molecule has 0 radical (unpaired) electrons. The molecule has 1 aromatic heterocycles. The Balaban J connectivity index is 2.18. The number of nitrogens with one attached hydrogen (secondary N) is 1. The van der Waals surface area contributed by atoms with Gasteiger partial charge in [-0.1, -0.05) is 13.8 Å². The number of carbonyl (C=O) groups is 1. The highest BCUT2D eigenvalue weighted by Gasteiger charge is 2.24. The first-order valence-electron chi connectivity index (χ1n) is 6.07. The first kappa shape index (κ1) is 12.1. The van der Waals surface area contributed by atoms with E-state index in [-0.39, 0.29) is 11.8 Å². The Kier molecular flexibility index (Phi) is 3.47. The molecule has 1 aliphatic heterocycles. The van der Waals surface area contributed by atoms with Crippen molar-refractivity contribution < 1.29 is 9.21 Å². The molecule has 1 N–H and O–H groups in total. The highest BCUT2D eigenvalue weighted by Crippen LogP contribution is 2.19. The first-order chi connectivity index (χ1) is 8.09. The average Bonchev–Trinajstić information content (AvgIpc) is 2.72. The van der Waals surface area contributed by atoms with Gasteiger partial charge in [-0.3, -0.25) is 4.79 Å². The lowest BCUT2D eigenvalue weighted by Gasteiger charge is -2.26. The molecule has 0 aromatic carbocycles. The summed E-state index contributed by atoms with van der Waals surface area (Å²) in [5, 5.41) is 3.22. The van der Waals surface area contributed by atoms with E-state index in [9.17, 15) is 4.79 Å². The van der Waals surface area contributed by atoms with Gasteiger partial charge in [-0.2, -0.15) is 0 Å². The fourth-order valence-corrected chi connectivity index (χ4v) is 1.87. The van der Waals surface area contributed by atoms with Crippen LogP contribution in [0.3, 0.4) is 0 Å². The molecule has 2 heterocycles. The van der Waals surface area contributed by atoms with E-state index in [0.717, 1.165) is 26.2 Å². The number of hydrogen-bond acceptors (Lipinski definition) is 4. The molecule has 5 heteroatoms. The zero-order valence-corrected chi connectivity index (χ0v) is 10.6. The standard InChI is InChI=1S/C12H19N3O2/c1-8(2)11-14-9(3)10(17-11)12(16)15-6-4-13-5-7-15/h8,13H,4-7H2,1-3H3.